The summed E-state index contributed by atoms with van der Waals surface area (Å²) in [6.45, 7) is 7.48. The van der Waals surface area contributed by atoms with Crippen LogP contribution in [0.1, 0.15) is 23.3 Å². The number of hydrogen-bond donors (Lipinski definition) is 0. The van der Waals surface area contributed by atoms with Crippen molar-refractivity contribution >= 4 is 10.8 Å². The van der Waals surface area contributed by atoms with Crippen molar-refractivity contribution in [3.8, 4) is 56.9 Å². The first-order chi connectivity index (χ1) is 21.4. The lowest BCUT2D eigenvalue weighted by Crippen LogP contribution is -2.02. The fraction of sp³-hybridized carbons (Fsp3) is 0.114. The molecule has 0 aliphatic heterocycles. The van der Waals surface area contributed by atoms with Gasteiger partial charge in [-0.2, -0.15) is 0 Å². The Balaban J connectivity index is 1.41. The largest absolute Gasteiger partial charge is 0.219 e. The number of aromatic nitrogens is 9. The Morgan fingerprint density at radius 1 is 0.341 bits per heavy atom. The zero-order chi connectivity index (χ0) is 30.2. The van der Waals surface area contributed by atoms with Crippen molar-refractivity contribution in [1.29, 1.82) is 0 Å². The molecule has 9 nitrogen and oxygen atoms in total. The van der Waals surface area contributed by atoms with Gasteiger partial charge < -0.3 is 0 Å². The molecule has 0 saturated carbocycles. The van der Waals surface area contributed by atoms with Gasteiger partial charge in [0.15, 0.2) is 29.1 Å². The number of rotatable bonds is 5. The van der Waals surface area contributed by atoms with Crippen molar-refractivity contribution in [2.75, 3.05) is 0 Å². The zero-order valence-electron chi connectivity index (χ0n) is 24.7. The summed E-state index contributed by atoms with van der Waals surface area (Å²) in [4.78, 5) is 41.9. The Bertz CT molecular complexity index is 2120. The highest BCUT2D eigenvalue weighted by atomic mass is 15.0. The van der Waals surface area contributed by atoms with E-state index < -0.39 is 0 Å². The molecule has 0 radical (unpaired) electrons. The van der Waals surface area contributed by atoms with Gasteiger partial charge in [-0.15, -0.1) is 0 Å². The van der Waals surface area contributed by atoms with E-state index in [2.05, 4.69) is 54.2 Å². The van der Waals surface area contributed by atoms with Crippen molar-refractivity contribution in [2.24, 2.45) is 0 Å². The molecule has 0 unspecified atom stereocenters. The average Bonchev–Trinajstić information content (AvgIpc) is 3.03. The summed E-state index contributed by atoms with van der Waals surface area (Å²) in [5.41, 5.74) is 4.36. The van der Waals surface area contributed by atoms with Gasteiger partial charge >= 0.3 is 0 Å². The van der Waals surface area contributed by atoms with Gasteiger partial charge in [0.25, 0.3) is 0 Å². The Morgan fingerprint density at radius 3 is 1.34 bits per heavy atom. The number of fused-ring (bicyclic) bond motifs is 1. The minimum atomic E-state index is 0.558. The maximum Gasteiger partial charge on any atom is 0.164 e. The van der Waals surface area contributed by atoms with E-state index in [-0.39, 0.29) is 0 Å². The predicted molar refractivity (Wildman–Crippen MR) is 170 cm³/mol. The smallest absolute Gasteiger partial charge is 0.164 e. The molecule has 212 valence electrons. The maximum atomic E-state index is 5.03. The summed E-state index contributed by atoms with van der Waals surface area (Å²) < 4.78 is 0. The highest BCUT2D eigenvalue weighted by molar-refractivity contribution is 5.98. The topological polar surface area (TPSA) is 116 Å². The molecule has 0 atom stereocenters. The highest BCUT2D eigenvalue weighted by Crippen LogP contribution is 2.34. The summed E-state index contributed by atoms with van der Waals surface area (Å²) in [6, 6.07) is 30.2. The molecule has 4 aromatic carbocycles. The first-order valence-electron chi connectivity index (χ1n) is 14.2. The van der Waals surface area contributed by atoms with Gasteiger partial charge in [-0.3, -0.25) is 0 Å². The minimum Gasteiger partial charge on any atom is -0.219 e. The van der Waals surface area contributed by atoms with Gasteiger partial charge in [-0.25, -0.2) is 44.9 Å². The molecule has 0 bridgehead atoms. The fourth-order valence-corrected chi connectivity index (χ4v) is 5.22. The fourth-order valence-electron chi connectivity index (χ4n) is 5.22. The molecule has 0 fully saturated rings. The number of aryl methyl sites for hydroxylation is 4. The normalized spacial score (nSPS) is 11.2. The second-order valence-corrected chi connectivity index (χ2v) is 10.5. The van der Waals surface area contributed by atoms with E-state index in [0.717, 1.165) is 38.6 Å². The standard InChI is InChI=1S/C35H27N9/c1-20-36-21(2)39-31(38-20)25-14-16-26(17-15-25)33-42-32(24-10-6-5-7-11-24)43-35(44-33)30-19-28(18-27-12-8-9-13-29(27)30)34-40-22(3)37-23(4)41-34/h5-19H,1-4H3. The van der Waals surface area contributed by atoms with Crippen molar-refractivity contribution < 1.29 is 0 Å². The van der Waals surface area contributed by atoms with Crippen LogP contribution in [-0.4, -0.2) is 44.9 Å². The maximum absolute atomic E-state index is 5.03. The molecule has 0 saturated heterocycles. The van der Waals surface area contributed by atoms with Gasteiger partial charge in [0.1, 0.15) is 23.3 Å². The molecule has 9 heteroatoms. The third-order valence-corrected chi connectivity index (χ3v) is 7.15. The summed E-state index contributed by atoms with van der Waals surface area (Å²) in [5.74, 6) is 5.65. The average molecular weight is 574 g/mol. The van der Waals surface area contributed by atoms with E-state index in [1.54, 1.807) is 0 Å². The molecule has 7 aromatic rings. The first kappa shape index (κ1) is 27.0. The SMILES string of the molecule is Cc1nc(C)nc(-c2ccc(-c3nc(-c4ccccc4)nc(-c4cc(-c5nc(C)nc(C)n5)cc5ccccc45)n3)cc2)n1. The van der Waals surface area contributed by atoms with Crippen LogP contribution in [0.4, 0.5) is 0 Å². The molecule has 0 spiro atoms. The van der Waals surface area contributed by atoms with Crippen LogP contribution in [0.2, 0.25) is 0 Å². The minimum absolute atomic E-state index is 0.558. The molecule has 3 heterocycles. The summed E-state index contributed by atoms with van der Waals surface area (Å²) in [5, 5.41) is 2.05. The molecule has 0 amide bonds. The zero-order valence-corrected chi connectivity index (χ0v) is 24.7. The Labute approximate surface area is 254 Å². The van der Waals surface area contributed by atoms with Crippen molar-refractivity contribution in [1.82, 2.24) is 44.9 Å². The van der Waals surface area contributed by atoms with Gasteiger partial charge in [0, 0.05) is 27.8 Å². The van der Waals surface area contributed by atoms with Gasteiger partial charge in [0.2, 0.25) is 0 Å². The summed E-state index contributed by atoms with van der Waals surface area (Å²) in [7, 11) is 0. The number of nitrogens with zero attached hydrogens (tertiary/aromatic N) is 9. The van der Waals surface area contributed by atoms with Crippen LogP contribution in [0.3, 0.4) is 0 Å². The third kappa shape index (κ3) is 5.38. The van der Waals surface area contributed by atoms with E-state index in [9.17, 15) is 0 Å². The van der Waals surface area contributed by atoms with Crippen LogP contribution in [-0.2, 0) is 0 Å². The number of hydrogen-bond acceptors (Lipinski definition) is 9. The third-order valence-electron chi connectivity index (χ3n) is 7.15. The van der Waals surface area contributed by atoms with Crippen molar-refractivity contribution in [3.63, 3.8) is 0 Å². The monoisotopic (exact) mass is 573 g/mol. The molecule has 3 aromatic heterocycles. The van der Waals surface area contributed by atoms with Gasteiger partial charge in [0.05, 0.1) is 0 Å². The van der Waals surface area contributed by atoms with Crippen molar-refractivity contribution in [3.05, 3.63) is 114 Å². The predicted octanol–water partition coefficient (Wildman–Crippen LogP) is 6.96. The van der Waals surface area contributed by atoms with E-state index in [0.29, 0.717) is 52.4 Å². The molecule has 0 N–H and O–H groups in total. The Morgan fingerprint density at radius 2 is 0.773 bits per heavy atom. The van der Waals surface area contributed by atoms with Crippen LogP contribution in [0.5, 0.6) is 0 Å². The lowest BCUT2D eigenvalue weighted by molar-refractivity contribution is 0.928. The van der Waals surface area contributed by atoms with E-state index in [1.165, 1.54) is 0 Å². The van der Waals surface area contributed by atoms with E-state index >= 15 is 0 Å². The van der Waals surface area contributed by atoms with Crippen LogP contribution < -0.4 is 0 Å². The summed E-state index contributed by atoms with van der Waals surface area (Å²) in [6.07, 6.45) is 0. The quantitative estimate of drug-likeness (QED) is 0.215. The van der Waals surface area contributed by atoms with E-state index in [4.69, 9.17) is 15.0 Å². The first-order valence-corrected chi connectivity index (χ1v) is 14.2. The molecule has 7 rings (SSSR count). The Kier molecular flexibility index (Phi) is 6.82. The second kappa shape index (κ2) is 11.1. The second-order valence-electron chi connectivity index (χ2n) is 10.5. The van der Waals surface area contributed by atoms with Crippen LogP contribution in [0.25, 0.3) is 67.7 Å². The lowest BCUT2D eigenvalue weighted by atomic mass is 9.99. The van der Waals surface area contributed by atoms with Crippen molar-refractivity contribution in [2.45, 2.75) is 27.7 Å². The molecular formula is C35H27N9. The Hall–Kier alpha value is -5.83. The summed E-state index contributed by atoms with van der Waals surface area (Å²) >= 11 is 0. The van der Waals surface area contributed by atoms with Gasteiger partial charge in [-0.1, -0.05) is 78.9 Å². The molecule has 0 aliphatic rings. The number of benzene rings is 4. The van der Waals surface area contributed by atoms with Gasteiger partial charge in [-0.05, 0) is 50.6 Å². The van der Waals surface area contributed by atoms with Crippen LogP contribution >= 0.6 is 0 Å². The molecular weight excluding hydrogens is 546 g/mol. The van der Waals surface area contributed by atoms with Crippen LogP contribution in [0.15, 0.2) is 91.0 Å². The molecule has 44 heavy (non-hydrogen) atoms. The highest BCUT2D eigenvalue weighted by Gasteiger charge is 2.17. The lowest BCUT2D eigenvalue weighted by Gasteiger charge is -2.12. The van der Waals surface area contributed by atoms with E-state index in [1.807, 2.05) is 94.4 Å². The molecule has 0 aliphatic carbocycles. The van der Waals surface area contributed by atoms with Crippen LogP contribution in [0, 0.1) is 27.7 Å².